The highest BCUT2D eigenvalue weighted by atomic mass is 79.9. The van der Waals surface area contributed by atoms with E-state index in [1.54, 1.807) is 44.2 Å². The summed E-state index contributed by atoms with van der Waals surface area (Å²) in [5.41, 5.74) is 8.42. The van der Waals surface area contributed by atoms with Gasteiger partial charge in [-0.25, -0.2) is 17.6 Å². The van der Waals surface area contributed by atoms with Crippen LogP contribution in [0.15, 0.2) is 53.0 Å². The van der Waals surface area contributed by atoms with E-state index in [4.69, 9.17) is 0 Å². The van der Waals surface area contributed by atoms with Crippen molar-refractivity contribution in [3.05, 3.63) is 121 Å². The molecule has 0 spiro atoms. The third-order valence-electron chi connectivity index (χ3n) is 9.81. The van der Waals surface area contributed by atoms with Crippen LogP contribution in [0.25, 0.3) is 0 Å². The van der Waals surface area contributed by atoms with Gasteiger partial charge in [-0.15, -0.1) is 0 Å². The van der Waals surface area contributed by atoms with Gasteiger partial charge in [0.15, 0.2) is 5.82 Å². The number of nitrogens with one attached hydrogen (secondary N) is 3. The fourth-order valence-electron chi connectivity index (χ4n) is 6.97. The van der Waals surface area contributed by atoms with Gasteiger partial charge in [-0.05, 0) is 144 Å². The maximum atomic E-state index is 15.2. The second kappa shape index (κ2) is 19.0. The predicted molar refractivity (Wildman–Crippen MR) is 228 cm³/mol. The summed E-state index contributed by atoms with van der Waals surface area (Å²) >= 11 is 3.16. The Morgan fingerprint density at radius 2 is 1.18 bits per heavy atom. The lowest BCUT2D eigenvalue weighted by atomic mass is 9.91. The van der Waals surface area contributed by atoms with E-state index in [0.717, 1.165) is 47.3 Å². The van der Waals surface area contributed by atoms with Crippen LogP contribution >= 0.6 is 15.9 Å². The average molecular weight is 854 g/mol. The minimum absolute atomic E-state index is 0.0835. The summed E-state index contributed by atoms with van der Waals surface area (Å²) < 4.78 is 55.5. The van der Waals surface area contributed by atoms with E-state index in [1.165, 1.54) is 17.7 Å². The van der Waals surface area contributed by atoms with Crippen molar-refractivity contribution >= 4 is 44.8 Å². The molecule has 0 saturated carbocycles. The molecule has 11 heteroatoms. The van der Waals surface area contributed by atoms with Gasteiger partial charge in [-0.3, -0.25) is 9.59 Å². The van der Waals surface area contributed by atoms with Crippen LogP contribution < -0.4 is 20.9 Å². The van der Waals surface area contributed by atoms with Gasteiger partial charge < -0.3 is 20.9 Å². The van der Waals surface area contributed by atoms with Crippen molar-refractivity contribution in [1.29, 1.82) is 0 Å². The summed E-state index contributed by atoms with van der Waals surface area (Å²) in [4.78, 5) is 26.2. The fourth-order valence-corrected chi connectivity index (χ4v) is 7.61. The van der Waals surface area contributed by atoms with Crippen LogP contribution in [0.4, 0.5) is 34.6 Å². The molecule has 4 aromatic rings. The van der Waals surface area contributed by atoms with Gasteiger partial charge >= 0.3 is 0 Å². The molecule has 0 radical (unpaired) electrons. The second-order valence-electron chi connectivity index (χ2n) is 17.5. The highest BCUT2D eigenvalue weighted by Gasteiger charge is 2.24. The summed E-state index contributed by atoms with van der Waals surface area (Å²) in [6.45, 7) is 22.1. The lowest BCUT2D eigenvalue weighted by molar-refractivity contribution is -0.118. The molecule has 0 aromatic heterocycles. The lowest BCUT2D eigenvalue weighted by Gasteiger charge is -2.32. The van der Waals surface area contributed by atoms with Gasteiger partial charge in [0.25, 0.3) is 0 Å². The number of halogens is 5. The summed E-state index contributed by atoms with van der Waals surface area (Å²) in [6, 6.07) is 13.3. The molecule has 0 unspecified atom stereocenters. The van der Waals surface area contributed by atoms with Crippen LogP contribution in [0.1, 0.15) is 98.9 Å². The number of aryl methyl sites for hydroxylation is 2. The molecule has 2 aliphatic heterocycles. The first-order valence-corrected chi connectivity index (χ1v) is 20.2. The molecule has 3 N–H and O–H groups in total. The first kappa shape index (κ1) is 45.5. The van der Waals surface area contributed by atoms with Gasteiger partial charge in [0.1, 0.15) is 17.5 Å². The van der Waals surface area contributed by atoms with Gasteiger partial charge in [-0.2, -0.15) is 0 Å². The van der Waals surface area contributed by atoms with E-state index in [-0.39, 0.29) is 45.9 Å². The molecular formula is C46H57BrF4N4O2. The van der Waals surface area contributed by atoms with Gasteiger partial charge in [0, 0.05) is 55.0 Å². The molecule has 6 rings (SSSR count). The number of anilines is 3. The summed E-state index contributed by atoms with van der Waals surface area (Å²) in [5, 5.41) is 8.93. The van der Waals surface area contributed by atoms with Crippen molar-refractivity contribution in [2.24, 2.45) is 10.8 Å². The Bertz CT molecular complexity index is 2110. The zero-order valence-corrected chi connectivity index (χ0v) is 36.5. The van der Waals surface area contributed by atoms with Crippen LogP contribution in [0.3, 0.4) is 0 Å². The van der Waals surface area contributed by atoms with Crippen molar-refractivity contribution in [3.8, 4) is 0 Å². The second-order valence-corrected chi connectivity index (χ2v) is 18.4. The number of benzene rings is 4. The Morgan fingerprint density at radius 1 is 0.684 bits per heavy atom. The summed E-state index contributed by atoms with van der Waals surface area (Å²) in [7, 11) is 0. The van der Waals surface area contributed by atoms with Gasteiger partial charge in [0.05, 0.1) is 10.2 Å². The number of carbonyl (C=O) groups is 2. The SMILES string of the molecule is Cc1cc(Br)c(F)c(C)c1NC(=O)CC(C)(C)C.Cc1cc(N2CCc3cc(F)ccc3C2)c(F)c(C)c1NC(=O)CC(C)(C)C.Fc1ccc2c(c1)CCNC2. The number of amides is 2. The quantitative estimate of drug-likeness (QED) is 0.175. The van der Waals surface area contributed by atoms with Crippen molar-refractivity contribution in [2.45, 2.75) is 108 Å². The molecule has 0 fully saturated rings. The number of carbonyl (C=O) groups excluding carboxylic acids is 2. The normalized spacial score (nSPS) is 13.6. The molecule has 2 aliphatic rings. The molecule has 57 heavy (non-hydrogen) atoms. The number of fused-ring (bicyclic) bond motifs is 2. The molecule has 0 atom stereocenters. The van der Waals surface area contributed by atoms with Gasteiger partial charge in [-0.1, -0.05) is 53.7 Å². The van der Waals surface area contributed by atoms with Crippen molar-refractivity contribution in [2.75, 3.05) is 28.6 Å². The number of hydrogen-bond acceptors (Lipinski definition) is 4. The van der Waals surface area contributed by atoms with Crippen LogP contribution in [0.5, 0.6) is 0 Å². The zero-order valence-electron chi connectivity index (χ0n) is 34.9. The summed E-state index contributed by atoms with van der Waals surface area (Å²) in [5.74, 6) is -1.20. The Hall–Kier alpha value is -4.22. The van der Waals surface area contributed by atoms with Crippen LogP contribution in [0, 0.1) is 61.8 Å². The van der Waals surface area contributed by atoms with Gasteiger partial charge in [0.2, 0.25) is 11.8 Å². The Labute approximate surface area is 344 Å². The maximum absolute atomic E-state index is 15.2. The van der Waals surface area contributed by atoms with Crippen molar-refractivity contribution < 1.29 is 27.2 Å². The van der Waals surface area contributed by atoms with Crippen LogP contribution in [0.2, 0.25) is 0 Å². The van der Waals surface area contributed by atoms with E-state index < -0.39 is 0 Å². The van der Waals surface area contributed by atoms with Crippen molar-refractivity contribution in [3.63, 3.8) is 0 Å². The molecule has 0 aliphatic carbocycles. The average Bonchev–Trinajstić information content (AvgIpc) is 3.11. The van der Waals surface area contributed by atoms with E-state index in [1.807, 2.05) is 66.4 Å². The Kier molecular flexibility index (Phi) is 15.2. The molecule has 0 bridgehead atoms. The van der Waals surface area contributed by atoms with Crippen LogP contribution in [-0.4, -0.2) is 24.9 Å². The molecule has 6 nitrogen and oxygen atoms in total. The summed E-state index contributed by atoms with van der Waals surface area (Å²) in [6.07, 6.45) is 2.40. The topological polar surface area (TPSA) is 73.5 Å². The van der Waals surface area contributed by atoms with E-state index in [2.05, 4.69) is 31.9 Å². The first-order valence-electron chi connectivity index (χ1n) is 19.4. The van der Waals surface area contributed by atoms with E-state index in [9.17, 15) is 22.8 Å². The monoisotopic (exact) mass is 852 g/mol. The molecule has 308 valence electrons. The lowest BCUT2D eigenvalue weighted by Crippen LogP contribution is -2.31. The predicted octanol–water partition coefficient (Wildman–Crippen LogP) is 11.6. The standard InChI is InChI=1S/C23H28F2N2O.C14H19BrFNO.C9H10FN/c1-14-10-19(27-9-8-16-11-18(24)7-6-17(16)13-27)21(25)15(2)22(14)26-20(28)12-23(3,4)5;1-8-6-10(15)12(16)9(2)13(8)17-11(18)7-14(3,4)5;10-9-2-1-8-6-11-4-3-7(8)5-9/h6-7,10-11H,8-9,12-13H2,1-5H3,(H,26,28);6H,7H2,1-5H3,(H,17,18);1-2,5,11H,3-4,6H2. The molecule has 2 heterocycles. The number of nitrogens with zero attached hydrogens (tertiary/aromatic N) is 1. The molecule has 2 amide bonds. The number of rotatable bonds is 5. The van der Waals surface area contributed by atoms with E-state index in [0.29, 0.717) is 65.0 Å². The highest BCUT2D eigenvalue weighted by molar-refractivity contribution is 9.10. The van der Waals surface area contributed by atoms with Crippen LogP contribution in [-0.2, 0) is 35.5 Å². The molecule has 4 aromatic carbocycles. The third-order valence-corrected chi connectivity index (χ3v) is 10.4. The Balaban J connectivity index is 0.000000211. The van der Waals surface area contributed by atoms with Crippen molar-refractivity contribution in [1.82, 2.24) is 5.32 Å². The minimum Gasteiger partial charge on any atom is -0.364 e. The third kappa shape index (κ3) is 12.9. The molecular weight excluding hydrogens is 796 g/mol. The first-order chi connectivity index (χ1) is 26.5. The smallest absolute Gasteiger partial charge is 0.224 e. The minimum atomic E-state index is -0.327. The highest BCUT2D eigenvalue weighted by Crippen LogP contribution is 2.35. The maximum Gasteiger partial charge on any atom is 0.224 e. The Morgan fingerprint density at radius 3 is 1.72 bits per heavy atom. The zero-order chi connectivity index (χ0) is 42.4. The molecule has 0 saturated heterocycles. The number of hydrogen-bond donors (Lipinski definition) is 3. The largest absolute Gasteiger partial charge is 0.364 e. The van der Waals surface area contributed by atoms with E-state index >= 15 is 4.39 Å². The fraction of sp³-hybridized carbons (Fsp3) is 0.435.